The van der Waals surface area contributed by atoms with Crippen LogP contribution in [0.3, 0.4) is 0 Å². The van der Waals surface area contributed by atoms with Gasteiger partial charge in [-0.25, -0.2) is 8.42 Å². The lowest BCUT2D eigenvalue weighted by Gasteiger charge is -2.34. The van der Waals surface area contributed by atoms with Crippen molar-refractivity contribution in [1.82, 2.24) is 19.0 Å². The van der Waals surface area contributed by atoms with Gasteiger partial charge in [0.15, 0.2) is 0 Å². The van der Waals surface area contributed by atoms with Gasteiger partial charge in [0.05, 0.1) is 11.1 Å². The molecule has 30 heavy (non-hydrogen) atoms. The molecule has 0 bridgehead atoms. The molecule has 3 heterocycles. The summed E-state index contributed by atoms with van der Waals surface area (Å²) in [6.45, 7) is 8.80. The predicted octanol–water partition coefficient (Wildman–Crippen LogP) is 1.84. The lowest BCUT2D eigenvalue weighted by molar-refractivity contribution is -0.117. The van der Waals surface area contributed by atoms with Gasteiger partial charge >= 0.3 is 0 Å². The number of aromatic nitrogens is 2. The molecular weight excluding hydrogens is 402 g/mol. The first-order valence-electron chi connectivity index (χ1n) is 10.5. The van der Waals surface area contributed by atoms with Crippen LogP contribution in [0.15, 0.2) is 35.4 Å². The molecule has 1 aromatic heterocycles. The number of carbonyl (C=O) groups is 1. The maximum Gasteiger partial charge on any atom is 0.243 e. The van der Waals surface area contributed by atoms with Gasteiger partial charge in [-0.05, 0) is 44.5 Å². The third-order valence-electron chi connectivity index (χ3n) is 6.09. The monoisotopic (exact) mass is 431 g/mol. The fraction of sp³-hybridized carbons (Fsp3) is 0.524. The molecule has 0 N–H and O–H groups in total. The fourth-order valence-electron chi connectivity index (χ4n) is 4.20. The van der Waals surface area contributed by atoms with E-state index in [9.17, 15) is 13.2 Å². The second-order valence-electron chi connectivity index (χ2n) is 7.89. The van der Waals surface area contributed by atoms with Gasteiger partial charge in [0.1, 0.15) is 0 Å². The number of amides is 1. The quantitative estimate of drug-likeness (QED) is 0.697. The van der Waals surface area contributed by atoms with Gasteiger partial charge in [-0.15, -0.1) is 0 Å². The zero-order valence-electron chi connectivity index (χ0n) is 17.6. The van der Waals surface area contributed by atoms with E-state index in [2.05, 4.69) is 23.8 Å². The third-order valence-corrected chi connectivity index (χ3v) is 8.00. The van der Waals surface area contributed by atoms with Crippen LogP contribution in [0.5, 0.6) is 0 Å². The molecule has 0 aliphatic carbocycles. The van der Waals surface area contributed by atoms with E-state index in [-0.39, 0.29) is 10.8 Å². The van der Waals surface area contributed by atoms with E-state index >= 15 is 0 Å². The van der Waals surface area contributed by atoms with E-state index in [0.29, 0.717) is 39.1 Å². The Balaban J connectivity index is 1.38. The standard InChI is InChI=1S/C21H29N5O3S/c1-3-26-17(2)18(15-22-26)16-23-11-13-24(14-12-23)30(28,29)20-8-6-19(7-9-20)25-10-4-5-21(25)27/h6-9,15H,3-5,10-14,16H2,1-2H3. The van der Waals surface area contributed by atoms with Gasteiger partial charge in [-0.1, -0.05) is 0 Å². The van der Waals surface area contributed by atoms with Crippen LogP contribution in [0, 0.1) is 6.92 Å². The average molecular weight is 432 g/mol. The Morgan fingerprint density at radius 3 is 2.30 bits per heavy atom. The predicted molar refractivity (Wildman–Crippen MR) is 115 cm³/mol. The number of sulfonamides is 1. The molecule has 1 aromatic carbocycles. The highest BCUT2D eigenvalue weighted by Gasteiger charge is 2.29. The first-order valence-corrected chi connectivity index (χ1v) is 12.0. The van der Waals surface area contributed by atoms with E-state index < -0.39 is 10.0 Å². The Hall–Kier alpha value is -2.23. The highest BCUT2D eigenvalue weighted by atomic mass is 32.2. The van der Waals surface area contributed by atoms with Crippen molar-refractivity contribution >= 4 is 21.6 Å². The fourth-order valence-corrected chi connectivity index (χ4v) is 5.62. The molecule has 4 rings (SSSR count). The summed E-state index contributed by atoms with van der Waals surface area (Å²) in [5.74, 6) is 0.0986. The number of hydrogen-bond acceptors (Lipinski definition) is 5. The van der Waals surface area contributed by atoms with Crippen LogP contribution in [-0.2, 0) is 27.9 Å². The summed E-state index contributed by atoms with van der Waals surface area (Å²) in [4.78, 5) is 16.2. The summed E-state index contributed by atoms with van der Waals surface area (Å²) in [6.07, 6.45) is 3.32. The molecule has 1 amide bonds. The van der Waals surface area contributed by atoms with Gasteiger partial charge in [-0.2, -0.15) is 9.40 Å². The van der Waals surface area contributed by atoms with Crippen LogP contribution < -0.4 is 4.90 Å². The number of piperazine rings is 1. The molecule has 8 nitrogen and oxygen atoms in total. The zero-order chi connectivity index (χ0) is 21.3. The van der Waals surface area contributed by atoms with Crippen molar-refractivity contribution in [2.75, 3.05) is 37.6 Å². The summed E-state index contributed by atoms with van der Waals surface area (Å²) < 4.78 is 29.7. The van der Waals surface area contributed by atoms with E-state index in [1.807, 2.05) is 10.9 Å². The summed E-state index contributed by atoms with van der Waals surface area (Å²) in [7, 11) is -3.53. The van der Waals surface area contributed by atoms with E-state index in [1.54, 1.807) is 33.5 Å². The van der Waals surface area contributed by atoms with E-state index in [1.165, 1.54) is 11.3 Å². The third kappa shape index (κ3) is 4.01. The van der Waals surface area contributed by atoms with Crippen molar-refractivity contribution in [2.24, 2.45) is 0 Å². The van der Waals surface area contributed by atoms with Crippen LogP contribution in [0.1, 0.15) is 31.0 Å². The second-order valence-corrected chi connectivity index (χ2v) is 9.83. The molecule has 0 radical (unpaired) electrons. The molecule has 0 atom stereocenters. The first kappa shape index (κ1) is 21.0. The highest BCUT2D eigenvalue weighted by molar-refractivity contribution is 7.89. The summed E-state index contributed by atoms with van der Waals surface area (Å²) in [5, 5.41) is 4.39. The minimum Gasteiger partial charge on any atom is -0.312 e. The van der Waals surface area contributed by atoms with E-state index in [4.69, 9.17) is 0 Å². The lowest BCUT2D eigenvalue weighted by atomic mass is 10.2. The minimum atomic E-state index is -3.53. The van der Waals surface area contributed by atoms with Gasteiger partial charge < -0.3 is 4.90 Å². The molecule has 0 unspecified atom stereocenters. The smallest absolute Gasteiger partial charge is 0.243 e. The van der Waals surface area contributed by atoms with E-state index in [0.717, 1.165) is 25.2 Å². The number of rotatable bonds is 6. The Morgan fingerprint density at radius 2 is 1.73 bits per heavy atom. The van der Waals surface area contributed by atoms with Gasteiger partial charge in [0.25, 0.3) is 0 Å². The lowest BCUT2D eigenvalue weighted by Crippen LogP contribution is -2.48. The topological polar surface area (TPSA) is 78.8 Å². The molecule has 2 aromatic rings. The van der Waals surface area contributed by atoms with Crippen LogP contribution in [0.4, 0.5) is 5.69 Å². The maximum absolute atomic E-state index is 13.1. The number of nitrogens with zero attached hydrogens (tertiary/aromatic N) is 5. The largest absolute Gasteiger partial charge is 0.312 e. The molecule has 0 spiro atoms. The Morgan fingerprint density at radius 1 is 1.03 bits per heavy atom. The SMILES string of the molecule is CCn1ncc(CN2CCN(S(=O)(=O)c3ccc(N4CCCC4=O)cc3)CC2)c1C. The van der Waals surface area contributed by atoms with Crippen LogP contribution >= 0.6 is 0 Å². The van der Waals surface area contributed by atoms with Gasteiger partial charge in [0.2, 0.25) is 15.9 Å². The average Bonchev–Trinajstić information content (AvgIpc) is 3.34. The molecule has 2 saturated heterocycles. The summed E-state index contributed by atoms with van der Waals surface area (Å²) in [5.41, 5.74) is 3.13. The minimum absolute atomic E-state index is 0.0986. The molecule has 2 fully saturated rings. The Kier molecular flexibility index (Phi) is 5.95. The van der Waals surface area contributed by atoms with Crippen molar-refractivity contribution in [3.63, 3.8) is 0 Å². The van der Waals surface area contributed by atoms with Crippen LogP contribution in [0.25, 0.3) is 0 Å². The van der Waals surface area contributed by atoms with Crippen molar-refractivity contribution in [1.29, 1.82) is 0 Å². The van der Waals surface area contributed by atoms with Gasteiger partial charge in [-0.3, -0.25) is 14.4 Å². The molecule has 0 saturated carbocycles. The first-order chi connectivity index (χ1) is 14.4. The Bertz CT molecular complexity index is 1010. The second kappa shape index (κ2) is 8.49. The molecule has 2 aliphatic rings. The van der Waals surface area contributed by atoms with Gasteiger partial charge in [0, 0.05) is 69.2 Å². The van der Waals surface area contributed by atoms with Crippen LogP contribution in [-0.4, -0.2) is 66.0 Å². The van der Waals surface area contributed by atoms with Crippen molar-refractivity contribution in [2.45, 2.75) is 44.7 Å². The number of aryl methyl sites for hydroxylation is 1. The number of carbonyl (C=O) groups excluding carboxylic acids is 1. The van der Waals surface area contributed by atoms with Crippen molar-refractivity contribution < 1.29 is 13.2 Å². The van der Waals surface area contributed by atoms with Crippen LogP contribution in [0.2, 0.25) is 0 Å². The summed E-state index contributed by atoms with van der Waals surface area (Å²) >= 11 is 0. The Labute approximate surface area is 178 Å². The molecule has 162 valence electrons. The number of benzene rings is 1. The normalized spacial score (nSPS) is 19.0. The molecule has 9 heteroatoms. The highest BCUT2D eigenvalue weighted by Crippen LogP contribution is 2.25. The summed E-state index contributed by atoms with van der Waals surface area (Å²) in [6, 6.07) is 6.71. The van der Waals surface area contributed by atoms with Crippen molar-refractivity contribution in [3.05, 3.63) is 41.7 Å². The molecular formula is C21H29N5O3S. The maximum atomic E-state index is 13.1. The van der Waals surface area contributed by atoms with Crippen molar-refractivity contribution in [3.8, 4) is 0 Å². The zero-order valence-corrected chi connectivity index (χ0v) is 18.4. The number of hydrogen-bond donors (Lipinski definition) is 0. The number of anilines is 1. The molecule has 2 aliphatic heterocycles.